The smallest absolute Gasteiger partial charge is 0.0480 e. The van der Waals surface area contributed by atoms with E-state index in [1.807, 2.05) is 11.8 Å². The molecule has 0 saturated carbocycles. The number of benzene rings is 2. The number of aryl methyl sites for hydroxylation is 1. The molecule has 0 radical (unpaired) electrons. The fraction of sp³-hybridized carbons (Fsp3) is 0.294. The normalized spacial score (nSPS) is 17.8. The van der Waals surface area contributed by atoms with Crippen LogP contribution in [0.5, 0.6) is 0 Å². The van der Waals surface area contributed by atoms with Crippen molar-refractivity contribution in [3.05, 3.63) is 59.7 Å². The Morgan fingerprint density at radius 1 is 1.00 bits per heavy atom. The van der Waals surface area contributed by atoms with Crippen LogP contribution in [-0.2, 0) is 12.8 Å². The fourth-order valence-corrected chi connectivity index (χ4v) is 3.37. The van der Waals surface area contributed by atoms with Crippen molar-refractivity contribution in [1.29, 1.82) is 0 Å². The lowest BCUT2D eigenvalue weighted by atomic mass is 9.88. The number of anilines is 1. The predicted octanol–water partition coefficient (Wildman–Crippen LogP) is 4.38. The number of fused-ring (bicyclic) bond motifs is 1. The Balaban J connectivity index is 1.75. The first-order chi connectivity index (χ1) is 9.36. The fourth-order valence-electron chi connectivity index (χ4n) is 2.80. The van der Waals surface area contributed by atoms with Crippen molar-refractivity contribution in [1.82, 2.24) is 0 Å². The lowest BCUT2D eigenvalue weighted by molar-refractivity contribution is 0.610. The van der Waals surface area contributed by atoms with Gasteiger partial charge >= 0.3 is 0 Å². The second kappa shape index (κ2) is 5.70. The predicted molar refractivity (Wildman–Crippen MR) is 84.1 cm³/mol. The molecule has 2 heteroatoms. The van der Waals surface area contributed by atoms with Crippen LogP contribution in [0.15, 0.2) is 53.4 Å². The van der Waals surface area contributed by atoms with Gasteiger partial charge in [0.05, 0.1) is 0 Å². The van der Waals surface area contributed by atoms with Crippen LogP contribution in [0, 0.1) is 0 Å². The Morgan fingerprint density at radius 3 is 2.58 bits per heavy atom. The van der Waals surface area contributed by atoms with Gasteiger partial charge in [0.2, 0.25) is 0 Å². The molecule has 2 aromatic rings. The van der Waals surface area contributed by atoms with Gasteiger partial charge in [-0.15, -0.1) is 11.8 Å². The number of hydrogen-bond acceptors (Lipinski definition) is 2. The zero-order valence-corrected chi connectivity index (χ0v) is 12.0. The third-order valence-electron chi connectivity index (χ3n) is 3.81. The van der Waals surface area contributed by atoms with Gasteiger partial charge < -0.3 is 5.32 Å². The maximum atomic E-state index is 3.72. The van der Waals surface area contributed by atoms with Gasteiger partial charge in [-0.1, -0.05) is 36.4 Å². The Kier molecular flexibility index (Phi) is 3.79. The number of para-hydroxylation sites is 1. The topological polar surface area (TPSA) is 12.0 Å². The molecule has 1 N–H and O–H groups in total. The van der Waals surface area contributed by atoms with Gasteiger partial charge in [0.1, 0.15) is 0 Å². The van der Waals surface area contributed by atoms with Gasteiger partial charge in [-0.25, -0.2) is 0 Å². The highest BCUT2D eigenvalue weighted by atomic mass is 32.2. The third kappa shape index (κ3) is 2.79. The van der Waals surface area contributed by atoms with Gasteiger partial charge in [-0.2, -0.15) is 0 Å². The summed E-state index contributed by atoms with van der Waals surface area (Å²) in [7, 11) is 0. The SMILES string of the molecule is CSc1ccccc1NC1CCc2ccccc2C1. The van der Waals surface area contributed by atoms with Crippen molar-refractivity contribution in [3.8, 4) is 0 Å². The molecule has 0 bridgehead atoms. The Hall–Kier alpha value is -1.41. The van der Waals surface area contributed by atoms with Gasteiger partial charge in [-0.3, -0.25) is 0 Å². The molecule has 0 spiro atoms. The minimum absolute atomic E-state index is 0.559. The van der Waals surface area contributed by atoms with E-state index < -0.39 is 0 Å². The highest BCUT2D eigenvalue weighted by molar-refractivity contribution is 7.98. The van der Waals surface area contributed by atoms with Crippen molar-refractivity contribution in [2.45, 2.75) is 30.2 Å². The van der Waals surface area contributed by atoms with Gasteiger partial charge in [0, 0.05) is 16.6 Å². The highest BCUT2D eigenvalue weighted by Gasteiger charge is 2.18. The molecule has 1 nitrogen and oxygen atoms in total. The average Bonchev–Trinajstić information content (AvgIpc) is 2.48. The molecule has 2 aromatic carbocycles. The van der Waals surface area contributed by atoms with Crippen molar-refractivity contribution < 1.29 is 0 Å². The number of nitrogens with one attached hydrogen (secondary N) is 1. The van der Waals surface area contributed by atoms with Crippen LogP contribution in [0.1, 0.15) is 17.5 Å². The van der Waals surface area contributed by atoms with E-state index in [0.717, 1.165) is 6.42 Å². The number of hydrogen-bond donors (Lipinski definition) is 1. The maximum Gasteiger partial charge on any atom is 0.0480 e. The Morgan fingerprint density at radius 2 is 1.74 bits per heavy atom. The van der Waals surface area contributed by atoms with Gasteiger partial charge in [0.25, 0.3) is 0 Å². The van der Waals surface area contributed by atoms with E-state index in [-0.39, 0.29) is 0 Å². The van der Waals surface area contributed by atoms with Crippen molar-refractivity contribution in [2.75, 3.05) is 11.6 Å². The minimum atomic E-state index is 0.559. The van der Waals surface area contributed by atoms with E-state index in [1.165, 1.54) is 34.6 Å². The van der Waals surface area contributed by atoms with E-state index in [2.05, 4.69) is 60.1 Å². The molecule has 0 amide bonds. The molecule has 1 aliphatic rings. The quantitative estimate of drug-likeness (QED) is 0.830. The molecule has 19 heavy (non-hydrogen) atoms. The third-order valence-corrected chi connectivity index (χ3v) is 4.61. The largest absolute Gasteiger partial charge is 0.381 e. The lowest BCUT2D eigenvalue weighted by Gasteiger charge is -2.27. The van der Waals surface area contributed by atoms with Crippen LogP contribution in [0.4, 0.5) is 5.69 Å². The molecule has 0 aromatic heterocycles. The molecule has 1 atom stereocenters. The van der Waals surface area contributed by atoms with E-state index in [9.17, 15) is 0 Å². The van der Waals surface area contributed by atoms with Gasteiger partial charge in [0.15, 0.2) is 0 Å². The Labute approximate surface area is 119 Å². The summed E-state index contributed by atoms with van der Waals surface area (Å²) in [6.07, 6.45) is 5.69. The molecule has 0 saturated heterocycles. The molecular formula is C17H19NS. The summed E-state index contributed by atoms with van der Waals surface area (Å²) >= 11 is 1.81. The molecule has 0 heterocycles. The first-order valence-corrected chi connectivity index (χ1v) is 8.05. The summed E-state index contributed by atoms with van der Waals surface area (Å²) in [5.74, 6) is 0. The van der Waals surface area contributed by atoms with Crippen LogP contribution in [0.25, 0.3) is 0 Å². The summed E-state index contributed by atoms with van der Waals surface area (Å²) in [5.41, 5.74) is 4.31. The molecule has 1 aliphatic carbocycles. The standard InChI is InChI=1S/C17H19NS/c1-19-17-9-5-4-8-16(17)18-15-11-10-13-6-2-3-7-14(13)12-15/h2-9,15,18H,10-12H2,1H3. The van der Waals surface area contributed by atoms with Gasteiger partial charge in [-0.05, 0) is 48.8 Å². The summed E-state index contributed by atoms with van der Waals surface area (Å²) < 4.78 is 0. The summed E-state index contributed by atoms with van der Waals surface area (Å²) in [6.45, 7) is 0. The zero-order chi connectivity index (χ0) is 13.1. The monoisotopic (exact) mass is 269 g/mol. The zero-order valence-electron chi connectivity index (χ0n) is 11.2. The second-order valence-electron chi connectivity index (χ2n) is 5.05. The van der Waals surface area contributed by atoms with Crippen LogP contribution in [0.3, 0.4) is 0 Å². The number of thioether (sulfide) groups is 1. The summed E-state index contributed by atoms with van der Waals surface area (Å²) in [5, 5.41) is 3.72. The van der Waals surface area contributed by atoms with E-state index in [1.54, 1.807) is 0 Å². The first kappa shape index (κ1) is 12.6. The van der Waals surface area contributed by atoms with E-state index >= 15 is 0 Å². The van der Waals surface area contributed by atoms with Crippen LogP contribution in [-0.4, -0.2) is 12.3 Å². The molecule has 0 fully saturated rings. The Bertz CT molecular complexity index is 565. The average molecular weight is 269 g/mol. The molecule has 3 rings (SSSR count). The van der Waals surface area contributed by atoms with Crippen molar-refractivity contribution >= 4 is 17.4 Å². The van der Waals surface area contributed by atoms with E-state index in [4.69, 9.17) is 0 Å². The molecule has 1 unspecified atom stereocenters. The summed E-state index contributed by atoms with van der Waals surface area (Å²) in [4.78, 5) is 1.33. The number of rotatable bonds is 3. The minimum Gasteiger partial charge on any atom is -0.381 e. The summed E-state index contributed by atoms with van der Waals surface area (Å²) in [6, 6.07) is 18.0. The van der Waals surface area contributed by atoms with Crippen LogP contribution >= 0.6 is 11.8 Å². The lowest BCUT2D eigenvalue weighted by Crippen LogP contribution is -2.27. The first-order valence-electron chi connectivity index (χ1n) is 6.83. The van der Waals surface area contributed by atoms with Crippen LogP contribution < -0.4 is 5.32 Å². The van der Waals surface area contributed by atoms with E-state index in [0.29, 0.717) is 6.04 Å². The van der Waals surface area contributed by atoms with Crippen molar-refractivity contribution in [3.63, 3.8) is 0 Å². The highest BCUT2D eigenvalue weighted by Crippen LogP contribution is 2.28. The maximum absolute atomic E-state index is 3.72. The van der Waals surface area contributed by atoms with Crippen LogP contribution in [0.2, 0.25) is 0 Å². The molecule has 98 valence electrons. The second-order valence-corrected chi connectivity index (χ2v) is 5.90. The van der Waals surface area contributed by atoms with Crippen molar-refractivity contribution in [2.24, 2.45) is 0 Å². The molecular weight excluding hydrogens is 250 g/mol. The molecule has 0 aliphatic heterocycles.